The summed E-state index contributed by atoms with van der Waals surface area (Å²) in [5.41, 5.74) is 0.153. The average Bonchev–Trinajstić information content (AvgIpc) is 2.62. The zero-order valence-corrected chi connectivity index (χ0v) is 11.6. The van der Waals surface area contributed by atoms with Crippen molar-refractivity contribution in [3.8, 4) is 0 Å². The normalized spacial score (nSPS) is 22.9. The topological polar surface area (TPSA) is 20.2 Å². The Hall–Kier alpha value is -0.670. The van der Waals surface area contributed by atoms with Gasteiger partial charge in [-0.05, 0) is 23.0 Å². The van der Waals surface area contributed by atoms with Crippen LogP contribution in [0.2, 0.25) is 5.02 Å². The molecule has 0 heterocycles. The van der Waals surface area contributed by atoms with Crippen LogP contribution >= 0.6 is 11.6 Å². The van der Waals surface area contributed by atoms with Crippen LogP contribution in [-0.2, 0) is 0 Å². The third kappa shape index (κ3) is 1.76. The molecular formula is C14H17ClF2O. The zero-order chi connectivity index (χ0) is 13.9. The van der Waals surface area contributed by atoms with E-state index in [0.717, 1.165) is 12.1 Å². The smallest absolute Gasteiger partial charge is 0.160 e. The molecule has 1 aromatic carbocycles. The fraction of sp³-hybridized carbons (Fsp3) is 0.571. The van der Waals surface area contributed by atoms with Gasteiger partial charge in [-0.25, -0.2) is 8.78 Å². The Labute approximate surface area is 111 Å². The standard InChI is InChI=1S/C14H17ClF2O/c1-13(2)12(14(13,3)4)11(18)7-5-9(16)10(17)6-8(7)15/h5-6,11-12,18H,1-4H3. The summed E-state index contributed by atoms with van der Waals surface area (Å²) >= 11 is 5.89. The quantitative estimate of drug-likeness (QED) is 0.796. The number of benzene rings is 1. The van der Waals surface area contributed by atoms with Crippen LogP contribution in [0.1, 0.15) is 39.4 Å². The summed E-state index contributed by atoms with van der Waals surface area (Å²) in [6.07, 6.45) is -0.877. The molecule has 1 atom stereocenters. The third-order valence-corrected chi connectivity index (χ3v) is 5.13. The maximum absolute atomic E-state index is 13.2. The first-order chi connectivity index (χ1) is 8.10. The fourth-order valence-electron chi connectivity index (χ4n) is 2.98. The second-order valence-corrected chi connectivity index (χ2v) is 6.56. The summed E-state index contributed by atoms with van der Waals surface area (Å²) < 4.78 is 26.2. The van der Waals surface area contributed by atoms with Gasteiger partial charge in [-0.2, -0.15) is 0 Å². The SMILES string of the molecule is CC1(C)C(C(O)c2cc(F)c(F)cc2Cl)C1(C)C. The van der Waals surface area contributed by atoms with E-state index in [0.29, 0.717) is 0 Å². The predicted octanol–water partition coefficient (Wildman–Crippen LogP) is 4.33. The summed E-state index contributed by atoms with van der Waals surface area (Å²) in [7, 11) is 0. The predicted molar refractivity (Wildman–Crippen MR) is 67.4 cm³/mol. The van der Waals surface area contributed by atoms with E-state index >= 15 is 0 Å². The number of rotatable bonds is 2. The molecule has 1 aliphatic carbocycles. The van der Waals surface area contributed by atoms with Crippen molar-refractivity contribution in [3.05, 3.63) is 34.4 Å². The van der Waals surface area contributed by atoms with E-state index in [4.69, 9.17) is 11.6 Å². The van der Waals surface area contributed by atoms with Gasteiger partial charge in [0, 0.05) is 16.5 Å². The van der Waals surface area contributed by atoms with Crippen molar-refractivity contribution < 1.29 is 13.9 Å². The van der Waals surface area contributed by atoms with Gasteiger partial charge >= 0.3 is 0 Å². The highest BCUT2D eigenvalue weighted by molar-refractivity contribution is 6.31. The Morgan fingerprint density at radius 3 is 2.00 bits per heavy atom. The molecule has 1 saturated carbocycles. The number of hydrogen-bond donors (Lipinski definition) is 1. The van der Waals surface area contributed by atoms with Crippen LogP contribution in [0.15, 0.2) is 12.1 Å². The van der Waals surface area contributed by atoms with E-state index in [1.54, 1.807) is 0 Å². The highest BCUT2D eigenvalue weighted by Crippen LogP contribution is 2.72. The molecule has 18 heavy (non-hydrogen) atoms. The van der Waals surface area contributed by atoms with Crippen molar-refractivity contribution in [1.29, 1.82) is 0 Å². The molecule has 1 unspecified atom stereocenters. The molecule has 0 aliphatic heterocycles. The van der Waals surface area contributed by atoms with Gasteiger partial charge in [-0.3, -0.25) is 0 Å². The van der Waals surface area contributed by atoms with Crippen LogP contribution in [0, 0.1) is 28.4 Å². The summed E-state index contributed by atoms with van der Waals surface area (Å²) in [6, 6.07) is 1.91. The minimum atomic E-state index is -0.995. The zero-order valence-electron chi connectivity index (χ0n) is 10.9. The molecule has 0 spiro atoms. The van der Waals surface area contributed by atoms with Gasteiger partial charge in [-0.1, -0.05) is 39.3 Å². The summed E-state index contributed by atoms with van der Waals surface area (Å²) in [5, 5.41) is 10.4. The first kappa shape index (κ1) is 13.8. The van der Waals surface area contributed by atoms with Crippen LogP contribution in [0.25, 0.3) is 0 Å². The Balaban J connectivity index is 2.37. The van der Waals surface area contributed by atoms with Crippen molar-refractivity contribution >= 4 is 11.6 Å². The molecule has 100 valence electrons. The van der Waals surface area contributed by atoms with Crippen molar-refractivity contribution in [2.75, 3.05) is 0 Å². The highest BCUT2D eigenvalue weighted by atomic mass is 35.5. The van der Waals surface area contributed by atoms with E-state index in [-0.39, 0.29) is 27.3 Å². The van der Waals surface area contributed by atoms with E-state index in [1.165, 1.54) is 0 Å². The van der Waals surface area contributed by atoms with Gasteiger partial charge in [0.15, 0.2) is 11.6 Å². The van der Waals surface area contributed by atoms with Crippen LogP contribution in [-0.4, -0.2) is 5.11 Å². The van der Waals surface area contributed by atoms with Crippen LogP contribution in [0.4, 0.5) is 8.78 Å². The van der Waals surface area contributed by atoms with Gasteiger partial charge in [0.25, 0.3) is 0 Å². The fourth-order valence-corrected chi connectivity index (χ4v) is 3.24. The van der Waals surface area contributed by atoms with Crippen molar-refractivity contribution in [3.63, 3.8) is 0 Å². The molecule has 0 aromatic heterocycles. The van der Waals surface area contributed by atoms with E-state index in [9.17, 15) is 13.9 Å². The Morgan fingerprint density at radius 1 is 1.11 bits per heavy atom. The molecule has 2 rings (SSSR count). The van der Waals surface area contributed by atoms with Gasteiger partial charge < -0.3 is 5.11 Å². The molecule has 0 saturated heterocycles. The van der Waals surface area contributed by atoms with E-state index in [1.807, 2.05) is 0 Å². The van der Waals surface area contributed by atoms with Crippen LogP contribution in [0.5, 0.6) is 0 Å². The molecular weight excluding hydrogens is 258 g/mol. The van der Waals surface area contributed by atoms with E-state index < -0.39 is 17.7 Å². The summed E-state index contributed by atoms with van der Waals surface area (Å²) in [4.78, 5) is 0. The van der Waals surface area contributed by atoms with Gasteiger partial charge in [0.1, 0.15) is 0 Å². The number of aliphatic hydroxyl groups is 1. The second kappa shape index (κ2) is 3.91. The Morgan fingerprint density at radius 2 is 1.56 bits per heavy atom. The molecule has 0 amide bonds. The maximum Gasteiger partial charge on any atom is 0.160 e. The summed E-state index contributed by atoms with van der Waals surface area (Å²) in [6.45, 7) is 8.20. The third-order valence-electron chi connectivity index (χ3n) is 4.81. The molecule has 0 radical (unpaired) electrons. The number of aliphatic hydroxyl groups excluding tert-OH is 1. The molecule has 0 bridgehead atoms. The number of halogens is 3. The first-order valence-corrected chi connectivity index (χ1v) is 6.31. The molecule has 1 aromatic rings. The molecule has 1 aliphatic rings. The Kier molecular flexibility index (Phi) is 2.99. The largest absolute Gasteiger partial charge is 0.388 e. The number of hydrogen-bond acceptors (Lipinski definition) is 1. The lowest BCUT2D eigenvalue weighted by atomic mass is 9.99. The maximum atomic E-state index is 13.2. The van der Waals surface area contributed by atoms with Crippen molar-refractivity contribution in [2.45, 2.75) is 33.8 Å². The first-order valence-electron chi connectivity index (χ1n) is 5.93. The van der Waals surface area contributed by atoms with E-state index in [2.05, 4.69) is 27.7 Å². The van der Waals surface area contributed by atoms with Gasteiger partial charge in [-0.15, -0.1) is 0 Å². The Bertz CT molecular complexity index is 483. The molecule has 4 heteroatoms. The van der Waals surface area contributed by atoms with Crippen LogP contribution in [0.3, 0.4) is 0 Å². The van der Waals surface area contributed by atoms with Crippen molar-refractivity contribution in [2.24, 2.45) is 16.7 Å². The molecule has 1 fully saturated rings. The monoisotopic (exact) mass is 274 g/mol. The minimum absolute atomic E-state index is 0.0210. The lowest BCUT2D eigenvalue weighted by Crippen LogP contribution is -2.07. The lowest BCUT2D eigenvalue weighted by molar-refractivity contribution is 0.130. The molecule has 1 N–H and O–H groups in total. The average molecular weight is 275 g/mol. The highest BCUT2D eigenvalue weighted by Gasteiger charge is 2.67. The van der Waals surface area contributed by atoms with Gasteiger partial charge in [0.05, 0.1) is 6.10 Å². The lowest BCUT2D eigenvalue weighted by Gasteiger charge is -2.15. The summed E-state index contributed by atoms with van der Waals surface area (Å²) in [5.74, 6) is -2.00. The minimum Gasteiger partial charge on any atom is -0.388 e. The molecule has 1 nitrogen and oxygen atoms in total. The van der Waals surface area contributed by atoms with Gasteiger partial charge in [0.2, 0.25) is 0 Å². The van der Waals surface area contributed by atoms with Crippen molar-refractivity contribution in [1.82, 2.24) is 0 Å². The second-order valence-electron chi connectivity index (χ2n) is 6.15. The van der Waals surface area contributed by atoms with Crippen LogP contribution < -0.4 is 0 Å².